The van der Waals surface area contributed by atoms with Gasteiger partial charge < -0.3 is 5.73 Å². The van der Waals surface area contributed by atoms with E-state index in [9.17, 15) is 0 Å². The lowest BCUT2D eigenvalue weighted by Gasteiger charge is -2.08. The molecule has 0 aromatic carbocycles. The Morgan fingerprint density at radius 3 is 2.30 bits per heavy atom. The SMILES string of the molecule is CCC(CC)CCC=CN. The van der Waals surface area contributed by atoms with Crippen LogP contribution in [0.3, 0.4) is 0 Å². The summed E-state index contributed by atoms with van der Waals surface area (Å²) in [5.41, 5.74) is 5.22. The Hall–Kier alpha value is -0.460. The van der Waals surface area contributed by atoms with Crippen LogP contribution < -0.4 is 5.73 Å². The first-order valence-corrected chi connectivity index (χ1v) is 4.21. The average molecular weight is 141 g/mol. The molecule has 0 aliphatic heterocycles. The van der Waals surface area contributed by atoms with E-state index in [1.54, 1.807) is 6.20 Å². The number of hydrogen-bond acceptors (Lipinski definition) is 1. The van der Waals surface area contributed by atoms with Gasteiger partial charge in [0.1, 0.15) is 0 Å². The highest BCUT2D eigenvalue weighted by atomic mass is 14.5. The van der Waals surface area contributed by atoms with Crippen LogP contribution in [0, 0.1) is 5.92 Å². The zero-order valence-electron chi connectivity index (χ0n) is 7.14. The number of allylic oxidation sites excluding steroid dienone is 1. The van der Waals surface area contributed by atoms with Gasteiger partial charge in [0.25, 0.3) is 0 Å². The van der Waals surface area contributed by atoms with Gasteiger partial charge in [-0.3, -0.25) is 0 Å². The number of hydrogen-bond donors (Lipinski definition) is 1. The molecule has 0 rings (SSSR count). The quantitative estimate of drug-likeness (QED) is 0.626. The minimum Gasteiger partial charge on any atom is -0.405 e. The summed E-state index contributed by atoms with van der Waals surface area (Å²) in [7, 11) is 0. The molecule has 2 N–H and O–H groups in total. The van der Waals surface area contributed by atoms with E-state index in [2.05, 4.69) is 13.8 Å². The molecular formula is C9H19N. The van der Waals surface area contributed by atoms with E-state index in [1.165, 1.54) is 19.3 Å². The third-order valence-corrected chi connectivity index (χ3v) is 2.03. The van der Waals surface area contributed by atoms with E-state index >= 15 is 0 Å². The number of rotatable bonds is 5. The molecule has 0 amide bonds. The molecule has 10 heavy (non-hydrogen) atoms. The van der Waals surface area contributed by atoms with Crippen LogP contribution in [-0.2, 0) is 0 Å². The van der Waals surface area contributed by atoms with Crippen LogP contribution in [0.25, 0.3) is 0 Å². The summed E-state index contributed by atoms with van der Waals surface area (Å²) in [6.07, 6.45) is 8.72. The van der Waals surface area contributed by atoms with E-state index in [1.807, 2.05) is 6.08 Å². The van der Waals surface area contributed by atoms with Crippen molar-refractivity contribution in [3.05, 3.63) is 12.3 Å². The predicted octanol–water partition coefficient (Wildman–Crippen LogP) is 2.68. The van der Waals surface area contributed by atoms with Crippen LogP contribution in [0.1, 0.15) is 39.5 Å². The van der Waals surface area contributed by atoms with Crippen molar-refractivity contribution in [2.45, 2.75) is 39.5 Å². The smallest absolute Gasteiger partial charge is 0.0103 e. The maximum absolute atomic E-state index is 5.22. The Kier molecular flexibility index (Phi) is 6.35. The normalized spacial score (nSPS) is 11.5. The van der Waals surface area contributed by atoms with E-state index < -0.39 is 0 Å². The van der Waals surface area contributed by atoms with Gasteiger partial charge in [-0.2, -0.15) is 0 Å². The second kappa shape index (κ2) is 6.66. The van der Waals surface area contributed by atoms with Crippen molar-refractivity contribution in [1.82, 2.24) is 0 Å². The second-order valence-corrected chi connectivity index (χ2v) is 2.69. The van der Waals surface area contributed by atoms with Gasteiger partial charge in [0.15, 0.2) is 0 Å². The van der Waals surface area contributed by atoms with Crippen LogP contribution >= 0.6 is 0 Å². The van der Waals surface area contributed by atoms with Gasteiger partial charge in [-0.15, -0.1) is 0 Å². The minimum atomic E-state index is 0.899. The molecule has 0 spiro atoms. The Labute approximate surface area is 64.3 Å². The average Bonchev–Trinajstić information content (AvgIpc) is 1.99. The molecule has 0 aromatic rings. The highest BCUT2D eigenvalue weighted by molar-refractivity contribution is 4.76. The van der Waals surface area contributed by atoms with E-state index in [4.69, 9.17) is 5.73 Å². The summed E-state index contributed by atoms with van der Waals surface area (Å²) >= 11 is 0. The van der Waals surface area contributed by atoms with Crippen molar-refractivity contribution in [3.63, 3.8) is 0 Å². The van der Waals surface area contributed by atoms with Gasteiger partial charge in [-0.1, -0.05) is 32.8 Å². The maximum Gasteiger partial charge on any atom is -0.0103 e. The molecule has 0 fully saturated rings. The fraction of sp³-hybridized carbons (Fsp3) is 0.778. The first-order valence-electron chi connectivity index (χ1n) is 4.21. The highest BCUT2D eigenvalue weighted by Crippen LogP contribution is 2.14. The van der Waals surface area contributed by atoms with Crippen molar-refractivity contribution in [2.24, 2.45) is 11.7 Å². The summed E-state index contributed by atoms with van der Waals surface area (Å²) in [6.45, 7) is 4.50. The summed E-state index contributed by atoms with van der Waals surface area (Å²) in [5.74, 6) is 0.899. The molecule has 0 aromatic heterocycles. The van der Waals surface area contributed by atoms with E-state index in [0.717, 1.165) is 12.3 Å². The Balaban J connectivity index is 3.25. The topological polar surface area (TPSA) is 26.0 Å². The van der Waals surface area contributed by atoms with Crippen molar-refractivity contribution >= 4 is 0 Å². The molecule has 0 aliphatic rings. The lowest BCUT2D eigenvalue weighted by molar-refractivity contribution is 0.460. The second-order valence-electron chi connectivity index (χ2n) is 2.69. The summed E-state index contributed by atoms with van der Waals surface area (Å²) in [5, 5.41) is 0. The van der Waals surface area contributed by atoms with Crippen LogP contribution in [-0.4, -0.2) is 0 Å². The van der Waals surface area contributed by atoms with Gasteiger partial charge in [0, 0.05) is 0 Å². The maximum atomic E-state index is 5.22. The first-order chi connectivity index (χ1) is 4.85. The van der Waals surface area contributed by atoms with Crippen LogP contribution in [0.15, 0.2) is 12.3 Å². The van der Waals surface area contributed by atoms with E-state index in [-0.39, 0.29) is 0 Å². The molecular weight excluding hydrogens is 122 g/mol. The lowest BCUT2D eigenvalue weighted by atomic mass is 9.98. The molecule has 0 aliphatic carbocycles. The summed E-state index contributed by atoms with van der Waals surface area (Å²) in [6, 6.07) is 0. The lowest BCUT2D eigenvalue weighted by Crippen LogP contribution is -1.95. The predicted molar refractivity (Wildman–Crippen MR) is 46.6 cm³/mol. The summed E-state index contributed by atoms with van der Waals surface area (Å²) < 4.78 is 0. The van der Waals surface area contributed by atoms with Gasteiger partial charge in [-0.25, -0.2) is 0 Å². The fourth-order valence-corrected chi connectivity index (χ4v) is 1.13. The zero-order valence-corrected chi connectivity index (χ0v) is 7.14. The van der Waals surface area contributed by atoms with Crippen molar-refractivity contribution < 1.29 is 0 Å². The van der Waals surface area contributed by atoms with Gasteiger partial charge in [0.05, 0.1) is 0 Å². The monoisotopic (exact) mass is 141 g/mol. The summed E-state index contributed by atoms with van der Waals surface area (Å²) in [4.78, 5) is 0. The molecule has 60 valence electrons. The van der Waals surface area contributed by atoms with Crippen LogP contribution in [0.2, 0.25) is 0 Å². The molecule has 0 saturated heterocycles. The molecule has 0 bridgehead atoms. The van der Waals surface area contributed by atoms with E-state index in [0.29, 0.717) is 0 Å². The minimum absolute atomic E-state index is 0.899. The van der Waals surface area contributed by atoms with Gasteiger partial charge in [0.2, 0.25) is 0 Å². The molecule has 0 radical (unpaired) electrons. The number of nitrogens with two attached hydrogens (primary N) is 1. The van der Waals surface area contributed by atoms with Crippen molar-refractivity contribution in [2.75, 3.05) is 0 Å². The highest BCUT2D eigenvalue weighted by Gasteiger charge is 1.99. The molecule has 1 heteroatoms. The fourth-order valence-electron chi connectivity index (χ4n) is 1.13. The van der Waals surface area contributed by atoms with Gasteiger partial charge in [-0.05, 0) is 25.0 Å². The zero-order chi connectivity index (χ0) is 7.82. The largest absolute Gasteiger partial charge is 0.405 e. The third kappa shape index (κ3) is 4.42. The standard InChI is InChI=1S/C9H19N/c1-3-9(4-2)7-5-6-8-10/h6,8-9H,3-5,7,10H2,1-2H3. The van der Waals surface area contributed by atoms with Gasteiger partial charge >= 0.3 is 0 Å². The van der Waals surface area contributed by atoms with Crippen molar-refractivity contribution in [1.29, 1.82) is 0 Å². The van der Waals surface area contributed by atoms with Crippen LogP contribution in [0.5, 0.6) is 0 Å². The molecule has 1 nitrogen and oxygen atoms in total. The molecule has 0 saturated carbocycles. The Bertz CT molecular complexity index is 82.7. The van der Waals surface area contributed by atoms with Crippen molar-refractivity contribution in [3.8, 4) is 0 Å². The first kappa shape index (κ1) is 9.54. The Morgan fingerprint density at radius 1 is 1.30 bits per heavy atom. The van der Waals surface area contributed by atoms with Crippen LogP contribution in [0.4, 0.5) is 0 Å². The third-order valence-electron chi connectivity index (χ3n) is 2.03. The molecule has 0 unspecified atom stereocenters. The molecule has 0 atom stereocenters. The Morgan fingerprint density at radius 2 is 1.90 bits per heavy atom. The molecule has 0 heterocycles.